The maximum absolute atomic E-state index is 12.7. The molecule has 1 aliphatic heterocycles. The predicted molar refractivity (Wildman–Crippen MR) is 122 cm³/mol. The fraction of sp³-hybridized carbons (Fsp3) is 0.417. The number of aliphatic hydroxyl groups excluding tert-OH is 1. The Bertz CT molecular complexity index is 1050. The zero-order valence-electron chi connectivity index (χ0n) is 19.7. The van der Waals surface area contributed by atoms with E-state index in [9.17, 15) is 33.0 Å². The number of hydrogen-bond acceptors (Lipinski definition) is 5. The number of nitrogens with one attached hydrogen (secondary N) is 1. The first-order valence-electron chi connectivity index (χ1n) is 10.9. The number of benzene rings is 2. The standard InChI is InChI=1S/C24H27BF3NO6/c1-22(2)23(3,4)35-25(34-22)17-11-5-14(6-12-17)13-18(21(32)33)29-20(31)19(30)15-7-9-16(10-8-15)24(26,27)28/h5-12,18-19,30H,13H2,1-4H3,(H,29,31)(H,32,33)/t18-,19+/m1/s1. The van der Waals surface area contributed by atoms with Gasteiger partial charge in [0.05, 0.1) is 16.8 Å². The Hall–Kier alpha value is -2.89. The van der Waals surface area contributed by atoms with E-state index in [4.69, 9.17) is 9.31 Å². The molecule has 3 N–H and O–H groups in total. The maximum Gasteiger partial charge on any atom is 0.494 e. The molecule has 7 nitrogen and oxygen atoms in total. The number of aliphatic hydroxyl groups is 1. The van der Waals surface area contributed by atoms with Crippen LogP contribution in [0, 0.1) is 0 Å². The number of carbonyl (C=O) groups is 2. The molecule has 0 aromatic heterocycles. The van der Waals surface area contributed by atoms with Gasteiger partial charge in [0.15, 0.2) is 6.10 Å². The first kappa shape index (κ1) is 26.7. The van der Waals surface area contributed by atoms with Gasteiger partial charge in [-0.1, -0.05) is 36.4 Å². The second-order valence-electron chi connectivity index (χ2n) is 9.46. The minimum Gasteiger partial charge on any atom is -0.480 e. The lowest BCUT2D eigenvalue weighted by Gasteiger charge is -2.32. The van der Waals surface area contributed by atoms with E-state index in [0.717, 1.165) is 29.7 Å². The lowest BCUT2D eigenvalue weighted by Crippen LogP contribution is -2.44. The lowest BCUT2D eigenvalue weighted by atomic mass is 9.78. The molecule has 3 rings (SSSR count). The number of carbonyl (C=O) groups excluding carboxylic acids is 1. The first-order chi connectivity index (χ1) is 16.1. The molecule has 2 atom stereocenters. The van der Waals surface area contributed by atoms with Crippen LogP contribution in [0.4, 0.5) is 13.2 Å². The van der Waals surface area contributed by atoms with Gasteiger partial charge >= 0.3 is 19.3 Å². The van der Waals surface area contributed by atoms with Gasteiger partial charge in [-0.2, -0.15) is 13.2 Å². The largest absolute Gasteiger partial charge is 0.494 e. The van der Waals surface area contributed by atoms with Crippen molar-refractivity contribution >= 4 is 24.5 Å². The van der Waals surface area contributed by atoms with Crippen molar-refractivity contribution in [3.05, 3.63) is 65.2 Å². The quantitative estimate of drug-likeness (QED) is 0.513. The van der Waals surface area contributed by atoms with Gasteiger partial charge in [0.25, 0.3) is 5.91 Å². The Morgan fingerprint density at radius 2 is 1.49 bits per heavy atom. The molecule has 35 heavy (non-hydrogen) atoms. The van der Waals surface area contributed by atoms with Crippen LogP contribution in [0.1, 0.15) is 50.5 Å². The van der Waals surface area contributed by atoms with E-state index < -0.39 is 54.1 Å². The molecule has 0 unspecified atom stereocenters. The molecular formula is C24H27BF3NO6. The van der Waals surface area contributed by atoms with Crippen molar-refractivity contribution < 1.29 is 42.3 Å². The molecular weight excluding hydrogens is 466 g/mol. The van der Waals surface area contributed by atoms with Gasteiger partial charge in [-0.05, 0) is 56.4 Å². The van der Waals surface area contributed by atoms with E-state index in [1.807, 2.05) is 27.7 Å². The van der Waals surface area contributed by atoms with Crippen LogP contribution in [0.3, 0.4) is 0 Å². The highest BCUT2D eigenvalue weighted by Crippen LogP contribution is 2.36. The summed E-state index contributed by atoms with van der Waals surface area (Å²) in [6.07, 6.45) is -6.47. The number of halogens is 3. The van der Waals surface area contributed by atoms with Gasteiger partial charge < -0.3 is 24.8 Å². The fourth-order valence-corrected chi connectivity index (χ4v) is 3.48. The Morgan fingerprint density at radius 3 is 1.94 bits per heavy atom. The summed E-state index contributed by atoms with van der Waals surface area (Å²) in [6.45, 7) is 7.72. The Balaban J connectivity index is 1.65. The van der Waals surface area contributed by atoms with E-state index in [1.165, 1.54) is 0 Å². The van der Waals surface area contributed by atoms with Gasteiger partial charge in [-0.25, -0.2) is 4.79 Å². The molecule has 1 amide bonds. The molecule has 11 heteroatoms. The molecule has 1 fully saturated rings. The van der Waals surface area contributed by atoms with Crippen molar-refractivity contribution in [2.75, 3.05) is 0 Å². The van der Waals surface area contributed by atoms with Gasteiger partial charge in [0.2, 0.25) is 0 Å². The Morgan fingerprint density at radius 1 is 0.971 bits per heavy atom. The topological polar surface area (TPSA) is 105 Å². The summed E-state index contributed by atoms with van der Waals surface area (Å²) in [5.74, 6) is -2.36. The molecule has 2 aromatic carbocycles. The normalized spacial score (nSPS) is 18.7. The average Bonchev–Trinajstić information content (AvgIpc) is 2.99. The van der Waals surface area contributed by atoms with Crippen molar-refractivity contribution in [2.24, 2.45) is 0 Å². The zero-order chi connectivity index (χ0) is 26.2. The maximum atomic E-state index is 12.7. The summed E-state index contributed by atoms with van der Waals surface area (Å²) in [5.41, 5.74) is -0.693. The summed E-state index contributed by atoms with van der Waals surface area (Å²) in [6, 6.07) is 8.92. The van der Waals surface area contributed by atoms with Crippen LogP contribution < -0.4 is 10.8 Å². The van der Waals surface area contributed by atoms with Crippen LogP contribution in [-0.2, 0) is 31.5 Å². The summed E-state index contributed by atoms with van der Waals surface area (Å²) < 4.78 is 50.1. The molecule has 188 valence electrons. The molecule has 0 bridgehead atoms. The van der Waals surface area contributed by atoms with Crippen LogP contribution in [0.15, 0.2) is 48.5 Å². The average molecular weight is 493 g/mol. The monoisotopic (exact) mass is 493 g/mol. The second kappa shape index (κ2) is 9.64. The first-order valence-corrected chi connectivity index (χ1v) is 10.9. The van der Waals surface area contributed by atoms with Gasteiger partial charge in [-0.3, -0.25) is 4.79 Å². The number of alkyl halides is 3. The lowest BCUT2D eigenvalue weighted by molar-refractivity contribution is -0.143. The molecule has 2 aromatic rings. The predicted octanol–water partition coefficient (Wildman–Crippen LogP) is 2.85. The Labute approximate surface area is 201 Å². The minimum absolute atomic E-state index is 0.0789. The highest BCUT2D eigenvalue weighted by molar-refractivity contribution is 6.62. The molecule has 0 spiro atoms. The second-order valence-corrected chi connectivity index (χ2v) is 9.46. The van der Waals surface area contributed by atoms with Crippen molar-refractivity contribution in [2.45, 2.75) is 63.6 Å². The van der Waals surface area contributed by atoms with Crippen LogP contribution in [0.2, 0.25) is 0 Å². The number of aliphatic carboxylic acids is 1. The number of carboxylic acids is 1. The van der Waals surface area contributed by atoms with Gasteiger partial charge in [0.1, 0.15) is 6.04 Å². The fourth-order valence-electron chi connectivity index (χ4n) is 3.48. The van der Waals surface area contributed by atoms with Crippen molar-refractivity contribution in [3.8, 4) is 0 Å². The van der Waals surface area contributed by atoms with Crippen molar-refractivity contribution in [1.29, 1.82) is 0 Å². The minimum atomic E-state index is -4.56. The third kappa shape index (κ3) is 6.03. The third-order valence-electron chi connectivity index (χ3n) is 6.36. The number of hydrogen-bond donors (Lipinski definition) is 3. The summed E-state index contributed by atoms with van der Waals surface area (Å²) >= 11 is 0. The highest BCUT2D eigenvalue weighted by Gasteiger charge is 2.51. The van der Waals surface area contributed by atoms with Gasteiger partial charge in [-0.15, -0.1) is 0 Å². The van der Waals surface area contributed by atoms with E-state index in [2.05, 4.69) is 5.32 Å². The molecule has 1 saturated heterocycles. The van der Waals surface area contributed by atoms with E-state index >= 15 is 0 Å². The zero-order valence-corrected chi connectivity index (χ0v) is 19.7. The van der Waals surface area contributed by atoms with E-state index in [0.29, 0.717) is 5.56 Å². The highest BCUT2D eigenvalue weighted by atomic mass is 19.4. The molecule has 0 aliphatic carbocycles. The number of amides is 1. The molecule has 0 radical (unpaired) electrons. The van der Waals surface area contributed by atoms with Gasteiger partial charge in [0, 0.05) is 6.42 Å². The summed E-state index contributed by atoms with van der Waals surface area (Å²) in [4.78, 5) is 24.1. The van der Waals surface area contributed by atoms with Crippen LogP contribution in [0.25, 0.3) is 0 Å². The number of carboxylic acid groups (broad SMARTS) is 1. The van der Waals surface area contributed by atoms with Crippen molar-refractivity contribution in [1.82, 2.24) is 5.32 Å². The third-order valence-corrected chi connectivity index (χ3v) is 6.36. The van der Waals surface area contributed by atoms with Crippen LogP contribution in [-0.4, -0.2) is 46.5 Å². The molecule has 0 saturated carbocycles. The summed E-state index contributed by atoms with van der Waals surface area (Å²) in [7, 11) is -0.581. The van der Waals surface area contributed by atoms with Crippen molar-refractivity contribution in [3.63, 3.8) is 0 Å². The number of rotatable bonds is 7. The smallest absolute Gasteiger partial charge is 0.480 e. The van der Waals surface area contributed by atoms with Crippen LogP contribution in [0.5, 0.6) is 0 Å². The SMILES string of the molecule is CC1(C)OB(c2ccc(C[C@@H](NC(=O)[C@@H](O)c3ccc(C(F)(F)F)cc3)C(=O)O)cc2)OC1(C)C. The summed E-state index contributed by atoms with van der Waals surface area (Å²) in [5, 5.41) is 22.0. The Kier molecular flexibility index (Phi) is 7.36. The van der Waals surface area contributed by atoms with Crippen LogP contribution >= 0.6 is 0 Å². The molecule has 1 heterocycles. The van der Waals surface area contributed by atoms with E-state index in [-0.39, 0.29) is 12.0 Å². The molecule has 1 aliphatic rings. The van der Waals surface area contributed by atoms with E-state index in [1.54, 1.807) is 24.3 Å².